The lowest BCUT2D eigenvalue weighted by Crippen LogP contribution is -2.20. The Morgan fingerprint density at radius 2 is 2.19 bits per heavy atom. The highest BCUT2D eigenvalue weighted by Crippen LogP contribution is 2.29. The molecule has 0 saturated carbocycles. The molecule has 0 spiro atoms. The van der Waals surface area contributed by atoms with Gasteiger partial charge >= 0.3 is 0 Å². The lowest BCUT2D eigenvalue weighted by Gasteiger charge is -2.18. The van der Waals surface area contributed by atoms with Crippen molar-refractivity contribution in [2.45, 2.75) is 32.9 Å². The van der Waals surface area contributed by atoms with E-state index in [-0.39, 0.29) is 11.9 Å². The van der Waals surface area contributed by atoms with Crippen molar-refractivity contribution in [3.05, 3.63) is 50.4 Å². The third kappa shape index (κ3) is 4.53. The molecule has 0 saturated heterocycles. The van der Waals surface area contributed by atoms with Crippen LogP contribution in [0.15, 0.2) is 34.1 Å². The standard InChI is InChI=1S/C16H19BrFNOS/c1-3-7-19-11(2)13-9-12(18)4-5-15(13)20-10-16-14(17)6-8-21-16/h4-6,8-9,11,19H,3,7,10H2,1-2H3. The molecule has 0 aliphatic heterocycles. The molecule has 0 amide bonds. The predicted molar refractivity (Wildman–Crippen MR) is 89.5 cm³/mol. The first-order valence-corrected chi connectivity index (χ1v) is 8.66. The van der Waals surface area contributed by atoms with Gasteiger partial charge in [-0.15, -0.1) is 11.3 Å². The third-order valence-electron chi connectivity index (χ3n) is 3.19. The minimum atomic E-state index is -0.236. The molecule has 21 heavy (non-hydrogen) atoms. The lowest BCUT2D eigenvalue weighted by atomic mass is 10.1. The van der Waals surface area contributed by atoms with E-state index in [1.807, 2.05) is 18.4 Å². The monoisotopic (exact) mass is 371 g/mol. The summed E-state index contributed by atoms with van der Waals surface area (Å²) in [6, 6.07) is 6.75. The Balaban J connectivity index is 2.12. The van der Waals surface area contributed by atoms with Crippen molar-refractivity contribution in [2.75, 3.05) is 6.54 Å². The van der Waals surface area contributed by atoms with E-state index in [1.165, 1.54) is 6.07 Å². The fourth-order valence-corrected chi connectivity index (χ4v) is 3.41. The molecule has 0 radical (unpaired) electrons. The summed E-state index contributed by atoms with van der Waals surface area (Å²) in [4.78, 5) is 1.12. The van der Waals surface area contributed by atoms with Gasteiger partial charge in [0, 0.05) is 16.1 Å². The smallest absolute Gasteiger partial charge is 0.124 e. The van der Waals surface area contributed by atoms with Crippen LogP contribution in [-0.2, 0) is 6.61 Å². The van der Waals surface area contributed by atoms with Crippen molar-refractivity contribution in [3.63, 3.8) is 0 Å². The third-order valence-corrected chi connectivity index (χ3v) is 5.09. The van der Waals surface area contributed by atoms with Crippen LogP contribution in [-0.4, -0.2) is 6.54 Å². The van der Waals surface area contributed by atoms with Gasteiger partial charge in [0.05, 0.1) is 4.88 Å². The quantitative estimate of drug-likeness (QED) is 0.713. The van der Waals surface area contributed by atoms with E-state index in [2.05, 4.69) is 28.2 Å². The van der Waals surface area contributed by atoms with E-state index in [0.717, 1.165) is 33.6 Å². The maximum absolute atomic E-state index is 13.5. The Hall–Kier alpha value is -0.910. The Morgan fingerprint density at radius 3 is 2.86 bits per heavy atom. The molecule has 1 aromatic carbocycles. The van der Waals surface area contributed by atoms with Crippen LogP contribution in [0.3, 0.4) is 0 Å². The summed E-state index contributed by atoms with van der Waals surface area (Å²) in [5.41, 5.74) is 0.858. The Kier molecular flexibility index (Phi) is 6.21. The molecule has 114 valence electrons. The Labute approximate surface area is 137 Å². The summed E-state index contributed by atoms with van der Waals surface area (Å²) in [5, 5.41) is 5.38. The number of thiophene rings is 1. The van der Waals surface area contributed by atoms with Gasteiger partial charge < -0.3 is 10.1 Å². The summed E-state index contributed by atoms with van der Waals surface area (Å²) in [7, 11) is 0. The van der Waals surface area contributed by atoms with Gasteiger partial charge in [0.15, 0.2) is 0 Å². The summed E-state index contributed by atoms with van der Waals surface area (Å²) >= 11 is 5.13. The van der Waals surface area contributed by atoms with Crippen molar-refractivity contribution in [2.24, 2.45) is 0 Å². The molecule has 1 heterocycles. The Bertz CT molecular complexity index is 587. The highest BCUT2D eigenvalue weighted by Gasteiger charge is 2.13. The maximum atomic E-state index is 13.5. The van der Waals surface area contributed by atoms with Crippen molar-refractivity contribution in [1.29, 1.82) is 0 Å². The molecule has 0 bridgehead atoms. The van der Waals surface area contributed by atoms with Crippen LogP contribution in [0.25, 0.3) is 0 Å². The molecule has 1 unspecified atom stereocenters. The van der Waals surface area contributed by atoms with Gasteiger partial charge in [-0.25, -0.2) is 4.39 Å². The highest BCUT2D eigenvalue weighted by molar-refractivity contribution is 9.10. The minimum absolute atomic E-state index is 0.0578. The molecule has 0 aliphatic rings. The second kappa shape index (κ2) is 7.92. The van der Waals surface area contributed by atoms with E-state index in [4.69, 9.17) is 4.74 Å². The topological polar surface area (TPSA) is 21.3 Å². The molecule has 0 aliphatic carbocycles. The normalized spacial score (nSPS) is 12.4. The van der Waals surface area contributed by atoms with E-state index in [0.29, 0.717) is 6.61 Å². The first kappa shape index (κ1) is 16.5. The van der Waals surface area contributed by atoms with Gasteiger partial charge in [-0.1, -0.05) is 6.92 Å². The fourth-order valence-electron chi connectivity index (χ4n) is 2.03. The van der Waals surface area contributed by atoms with Gasteiger partial charge in [-0.05, 0) is 65.5 Å². The highest BCUT2D eigenvalue weighted by atomic mass is 79.9. The predicted octanol–water partition coefficient (Wildman–Crippen LogP) is 5.29. The van der Waals surface area contributed by atoms with Crippen LogP contribution in [0.5, 0.6) is 5.75 Å². The molecule has 1 aromatic heterocycles. The Morgan fingerprint density at radius 1 is 1.38 bits per heavy atom. The second-order valence-corrected chi connectivity index (χ2v) is 6.69. The molecule has 2 rings (SSSR count). The van der Waals surface area contributed by atoms with Crippen molar-refractivity contribution in [3.8, 4) is 5.75 Å². The average molecular weight is 372 g/mol. The van der Waals surface area contributed by atoms with E-state index in [9.17, 15) is 4.39 Å². The zero-order chi connectivity index (χ0) is 15.2. The van der Waals surface area contributed by atoms with Gasteiger partial charge in [0.1, 0.15) is 18.2 Å². The fraction of sp³-hybridized carbons (Fsp3) is 0.375. The first-order valence-electron chi connectivity index (χ1n) is 6.99. The van der Waals surface area contributed by atoms with Crippen LogP contribution < -0.4 is 10.1 Å². The van der Waals surface area contributed by atoms with Crippen molar-refractivity contribution in [1.82, 2.24) is 5.32 Å². The van der Waals surface area contributed by atoms with Crippen LogP contribution >= 0.6 is 27.3 Å². The van der Waals surface area contributed by atoms with E-state index < -0.39 is 0 Å². The molecule has 2 aromatic rings. The number of rotatable bonds is 7. The van der Waals surface area contributed by atoms with Crippen molar-refractivity contribution >= 4 is 27.3 Å². The van der Waals surface area contributed by atoms with Gasteiger partial charge in [0.25, 0.3) is 0 Å². The molecular weight excluding hydrogens is 353 g/mol. The van der Waals surface area contributed by atoms with Gasteiger partial charge in [-0.3, -0.25) is 0 Å². The number of ether oxygens (including phenoxy) is 1. The number of benzene rings is 1. The van der Waals surface area contributed by atoms with Gasteiger partial charge in [-0.2, -0.15) is 0 Å². The number of halogens is 2. The summed E-state index contributed by atoms with van der Waals surface area (Å²) in [5.74, 6) is 0.493. The van der Waals surface area contributed by atoms with E-state index >= 15 is 0 Å². The zero-order valence-electron chi connectivity index (χ0n) is 12.2. The summed E-state index contributed by atoms with van der Waals surface area (Å²) < 4.78 is 20.5. The first-order chi connectivity index (χ1) is 10.1. The molecular formula is C16H19BrFNOS. The second-order valence-electron chi connectivity index (χ2n) is 4.84. The van der Waals surface area contributed by atoms with Crippen LogP contribution in [0, 0.1) is 5.82 Å². The summed E-state index contributed by atoms with van der Waals surface area (Å²) in [6.45, 7) is 5.51. The SMILES string of the molecule is CCCNC(C)c1cc(F)ccc1OCc1sccc1Br. The maximum Gasteiger partial charge on any atom is 0.124 e. The number of hydrogen-bond acceptors (Lipinski definition) is 3. The lowest BCUT2D eigenvalue weighted by molar-refractivity contribution is 0.302. The minimum Gasteiger partial charge on any atom is -0.488 e. The molecule has 0 fully saturated rings. The zero-order valence-corrected chi connectivity index (χ0v) is 14.6. The molecule has 1 N–H and O–H groups in total. The van der Waals surface area contributed by atoms with Gasteiger partial charge in [0.2, 0.25) is 0 Å². The molecule has 5 heteroatoms. The number of nitrogens with one attached hydrogen (secondary N) is 1. The van der Waals surface area contributed by atoms with E-state index in [1.54, 1.807) is 23.5 Å². The average Bonchev–Trinajstić information content (AvgIpc) is 2.88. The number of hydrogen-bond donors (Lipinski definition) is 1. The van der Waals surface area contributed by atoms with Crippen molar-refractivity contribution < 1.29 is 9.13 Å². The largest absolute Gasteiger partial charge is 0.488 e. The summed E-state index contributed by atoms with van der Waals surface area (Å²) in [6.07, 6.45) is 1.04. The van der Waals surface area contributed by atoms with Crippen LogP contribution in [0.1, 0.15) is 36.8 Å². The van der Waals surface area contributed by atoms with Crippen LogP contribution in [0.4, 0.5) is 4.39 Å². The molecule has 1 atom stereocenters. The van der Waals surface area contributed by atoms with Crippen LogP contribution in [0.2, 0.25) is 0 Å². The molecule has 2 nitrogen and oxygen atoms in total.